The molecule has 1 heterocycles. The highest BCUT2D eigenvalue weighted by molar-refractivity contribution is 6.09. The second kappa shape index (κ2) is 3.52. The van der Waals surface area contributed by atoms with Gasteiger partial charge in [0.2, 0.25) is 0 Å². The molecule has 0 aliphatic rings. The van der Waals surface area contributed by atoms with Gasteiger partial charge >= 0.3 is 0 Å². The molecule has 0 aliphatic carbocycles. The summed E-state index contributed by atoms with van der Waals surface area (Å²) in [6.45, 7) is 0. The van der Waals surface area contributed by atoms with E-state index in [-0.39, 0.29) is 5.75 Å². The quantitative estimate of drug-likeness (QED) is 0.339. The van der Waals surface area contributed by atoms with Crippen LogP contribution in [-0.2, 0) is 0 Å². The first kappa shape index (κ1) is 9.72. The number of nitrogens with zero attached hydrogens (tertiary/aromatic N) is 1. The maximum atomic E-state index is 9.50. The molecule has 0 aliphatic heterocycles. The van der Waals surface area contributed by atoms with Crippen molar-refractivity contribution in [1.29, 1.82) is 0 Å². The standard InChI is InChI=1S/C13H10N2O2/c16-9-2-4-13-11(6-9)10-5-8(7-14-17)1-3-12(10)15-13/h1-7,15-17H/b14-7+. The number of phenols is 1. The van der Waals surface area contributed by atoms with E-state index in [0.717, 1.165) is 27.4 Å². The van der Waals surface area contributed by atoms with Crippen LogP contribution >= 0.6 is 0 Å². The van der Waals surface area contributed by atoms with Gasteiger partial charge in [0.25, 0.3) is 0 Å². The molecule has 3 N–H and O–H groups in total. The average molecular weight is 226 g/mol. The molecule has 3 aromatic rings. The van der Waals surface area contributed by atoms with Gasteiger partial charge in [-0.1, -0.05) is 11.2 Å². The predicted octanol–water partition coefficient (Wildman–Crippen LogP) is 2.83. The van der Waals surface area contributed by atoms with Crippen molar-refractivity contribution in [2.24, 2.45) is 5.16 Å². The third-order valence-electron chi connectivity index (χ3n) is 2.81. The Morgan fingerprint density at radius 3 is 2.47 bits per heavy atom. The van der Waals surface area contributed by atoms with E-state index in [2.05, 4.69) is 10.1 Å². The first-order valence-electron chi connectivity index (χ1n) is 5.20. The molecule has 0 radical (unpaired) electrons. The number of fused-ring (bicyclic) bond motifs is 3. The number of aromatic amines is 1. The van der Waals surface area contributed by atoms with Gasteiger partial charge in [-0.3, -0.25) is 0 Å². The minimum atomic E-state index is 0.236. The highest BCUT2D eigenvalue weighted by atomic mass is 16.4. The van der Waals surface area contributed by atoms with Gasteiger partial charge in [-0.15, -0.1) is 0 Å². The van der Waals surface area contributed by atoms with E-state index >= 15 is 0 Å². The minimum absolute atomic E-state index is 0.236. The monoisotopic (exact) mass is 226 g/mol. The lowest BCUT2D eigenvalue weighted by atomic mass is 10.1. The molecule has 0 saturated heterocycles. The van der Waals surface area contributed by atoms with Crippen molar-refractivity contribution in [1.82, 2.24) is 4.98 Å². The van der Waals surface area contributed by atoms with Crippen LogP contribution in [0.2, 0.25) is 0 Å². The number of benzene rings is 2. The van der Waals surface area contributed by atoms with Gasteiger partial charge in [0.1, 0.15) is 5.75 Å². The summed E-state index contributed by atoms with van der Waals surface area (Å²) >= 11 is 0. The fourth-order valence-electron chi connectivity index (χ4n) is 2.05. The third kappa shape index (κ3) is 1.50. The Bertz CT molecular complexity index is 729. The molecule has 17 heavy (non-hydrogen) atoms. The predicted molar refractivity (Wildman–Crippen MR) is 66.9 cm³/mol. The molecule has 0 bridgehead atoms. The maximum absolute atomic E-state index is 9.50. The largest absolute Gasteiger partial charge is 0.508 e. The van der Waals surface area contributed by atoms with Crippen molar-refractivity contribution < 1.29 is 10.3 Å². The highest BCUT2D eigenvalue weighted by Gasteiger charge is 2.05. The Morgan fingerprint density at radius 1 is 1.00 bits per heavy atom. The van der Waals surface area contributed by atoms with Gasteiger partial charge in [-0.05, 0) is 35.9 Å². The zero-order chi connectivity index (χ0) is 11.8. The Balaban J connectivity index is 2.39. The molecule has 0 fully saturated rings. The second-order valence-electron chi connectivity index (χ2n) is 3.90. The molecule has 0 saturated carbocycles. The van der Waals surface area contributed by atoms with E-state index in [1.54, 1.807) is 12.1 Å². The van der Waals surface area contributed by atoms with E-state index < -0.39 is 0 Å². The van der Waals surface area contributed by atoms with Crippen LogP contribution in [0.4, 0.5) is 0 Å². The van der Waals surface area contributed by atoms with Gasteiger partial charge in [0, 0.05) is 21.8 Å². The molecule has 0 atom stereocenters. The summed E-state index contributed by atoms with van der Waals surface area (Å²) in [4.78, 5) is 3.26. The summed E-state index contributed by atoms with van der Waals surface area (Å²) in [7, 11) is 0. The molecule has 84 valence electrons. The van der Waals surface area contributed by atoms with Crippen LogP contribution in [-0.4, -0.2) is 21.5 Å². The fourth-order valence-corrected chi connectivity index (χ4v) is 2.05. The fraction of sp³-hybridized carbons (Fsp3) is 0. The van der Waals surface area contributed by atoms with Crippen LogP contribution in [0.3, 0.4) is 0 Å². The zero-order valence-electron chi connectivity index (χ0n) is 8.88. The van der Waals surface area contributed by atoms with Crippen LogP contribution in [0.1, 0.15) is 5.56 Å². The molecule has 4 nitrogen and oxygen atoms in total. The molecular weight excluding hydrogens is 216 g/mol. The number of rotatable bonds is 1. The number of aromatic nitrogens is 1. The molecule has 1 aromatic heterocycles. The van der Waals surface area contributed by atoms with Gasteiger partial charge in [0.15, 0.2) is 0 Å². The molecule has 2 aromatic carbocycles. The maximum Gasteiger partial charge on any atom is 0.116 e. The van der Waals surface area contributed by atoms with Crippen molar-refractivity contribution >= 4 is 28.0 Å². The number of oxime groups is 1. The van der Waals surface area contributed by atoms with Crippen LogP contribution in [0.5, 0.6) is 5.75 Å². The normalized spacial score (nSPS) is 11.8. The van der Waals surface area contributed by atoms with Crippen molar-refractivity contribution in [3.63, 3.8) is 0 Å². The van der Waals surface area contributed by atoms with Crippen LogP contribution in [0, 0.1) is 0 Å². The summed E-state index contributed by atoms with van der Waals surface area (Å²) in [6.07, 6.45) is 1.38. The average Bonchev–Trinajstić information content (AvgIpc) is 2.67. The lowest BCUT2D eigenvalue weighted by molar-refractivity contribution is 0.322. The number of hydrogen-bond acceptors (Lipinski definition) is 3. The Labute approximate surface area is 96.8 Å². The van der Waals surface area contributed by atoms with E-state index in [1.165, 1.54) is 6.21 Å². The van der Waals surface area contributed by atoms with Crippen molar-refractivity contribution in [2.75, 3.05) is 0 Å². The molecule has 0 spiro atoms. The number of H-pyrrole nitrogens is 1. The van der Waals surface area contributed by atoms with Crippen molar-refractivity contribution in [2.45, 2.75) is 0 Å². The summed E-state index contributed by atoms with van der Waals surface area (Å²) in [6, 6.07) is 10.9. The topological polar surface area (TPSA) is 68.6 Å². The number of nitrogens with one attached hydrogen (secondary N) is 1. The zero-order valence-corrected chi connectivity index (χ0v) is 8.88. The van der Waals surface area contributed by atoms with E-state index in [1.807, 2.05) is 24.3 Å². The van der Waals surface area contributed by atoms with Crippen LogP contribution < -0.4 is 0 Å². The number of aromatic hydroxyl groups is 1. The number of phenolic OH excluding ortho intramolecular Hbond substituents is 1. The SMILES string of the molecule is O/N=C/c1ccc2[nH]c3ccc(O)cc3c2c1. The molecule has 0 unspecified atom stereocenters. The van der Waals surface area contributed by atoms with Crippen molar-refractivity contribution in [3.05, 3.63) is 42.0 Å². The van der Waals surface area contributed by atoms with E-state index in [9.17, 15) is 5.11 Å². The van der Waals surface area contributed by atoms with Crippen LogP contribution in [0.25, 0.3) is 21.8 Å². The van der Waals surface area contributed by atoms with Gasteiger partial charge in [0.05, 0.1) is 6.21 Å². The van der Waals surface area contributed by atoms with Gasteiger partial charge in [-0.2, -0.15) is 0 Å². The third-order valence-corrected chi connectivity index (χ3v) is 2.81. The summed E-state index contributed by atoms with van der Waals surface area (Å²) in [5, 5.41) is 23.0. The molecule has 4 heteroatoms. The van der Waals surface area contributed by atoms with E-state index in [4.69, 9.17) is 5.21 Å². The Hall–Kier alpha value is -2.49. The first-order chi connectivity index (χ1) is 8.28. The summed E-state index contributed by atoms with van der Waals surface area (Å²) < 4.78 is 0. The van der Waals surface area contributed by atoms with Crippen LogP contribution in [0.15, 0.2) is 41.6 Å². The van der Waals surface area contributed by atoms with E-state index in [0.29, 0.717) is 0 Å². The molecule has 0 amide bonds. The van der Waals surface area contributed by atoms with Gasteiger partial charge in [-0.25, -0.2) is 0 Å². The molecular formula is C13H10N2O2. The Kier molecular flexibility index (Phi) is 2.01. The number of hydrogen-bond donors (Lipinski definition) is 3. The lowest BCUT2D eigenvalue weighted by Crippen LogP contribution is -1.79. The second-order valence-corrected chi connectivity index (χ2v) is 3.90. The lowest BCUT2D eigenvalue weighted by Gasteiger charge is -1.94. The van der Waals surface area contributed by atoms with Crippen molar-refractivity contribution in [3.8, 4) is 5.75 Å². The Morgan fingerprint density at radius 2 is 1.71 bits per heavy atom. The highest BCUT2D eigenvalue weighted by Crippen LogP contribution is 2.28. The first-order valence-corrected chi connectivity index (χ1v) is 5.20. The smallest absolute Gasteiger partial charge is 0.116 e. The molecule has 3 rings (SSSR count). The van der Waals surface area contributed by atoms with Gasteiger partial charge < -0.3 is 15.3 Å². The summed E-state index contributed by atoms with van der Waals surface area (Å²) in [5.74, 6) is 0.236. The minimum Gasteiger partial charge on any atom is -0.508 e. The summed E-state index contributed by atoms with van der Waals surface area (Å²) in [5.41, 5.74) is 2.76.